The van der Waals surface area contributed by atoms with Crippen LogP contribution in [0.2, 0.25) is 0 Å². The van der Waals surface area contributed by atoms with Gasteiger partial charge in [0.1, 0.15) is 0 Å². The van der Waals surface area contributed by atoms with E-state index in [2.05, 4.69) is 12.2 Å². The van der Waals surface area contributed by atoms with Crippen LogP contribution in [0.4, 0.5) is 18.9 Å². The van der Waals surface area contributed by atoms with Gasteiger partial charge in [0.15, 0.2) is 0 Å². The quantitative estimate of drug-likeness (QED) is 0.723. The molecule has 7 heteroatoms. The molecule has 0 atom stereocenters. The average molecular weight is 344 g/mol. The minimum Gasteiger partial charge on any atom is -0.342 e. The van der Waals surface area contributed by atoms with E-state index in [9.17, 15) is 22.8 Å². The number of halogens is 3. The van der Waals surface area contributed by atoms with Crippen LogP contribution in [-0.2, 0) is 15.8 Å². The third-order valence-electron chi connectivity index (χ3n) is 3.58. The number of hydrogen-bond donors (Lipinski definition) is 1. The molecule has 0 aromatic heterocycles. The van der Waals surface area contributed by atoms with E-state index in [1.54, 1.807) is 4.90 Å². The maximum absolute atomic E-state index is 12.5. The summed E-state index contributed by atoms with van der Waals surface area (Å²) in [5.74, 6) is -0.426. The number of hydrogen-bond acceptors (Lipinski definition) is 2. The standard InChI is InChI=1S/C17H23F3N2O2/c1-3-4-5-11-22(13(2)23)12-10-16(24)21-15-8-6-14(7-9-15)17(18,19)20/h6-9H,3-5,10-12H2,1-2H3,(H,21,24). The lowest BCUT2D eigenvalue weighted by Crippen LogP contribution is -2.32. The van der Waals surface area contributed by atoms with Crippen LogP contribution in [0.3, 0.4) is 0 Å². The Balaban J connectivity index is 2.48. The molecule has 0 unspecified atom stereocenters. The molecular formula is C17H23F3N2O2. The zero-order valence-corrected chi connectivity index (χ0v) is 13.9. The van der Waals surface area contributed by atoms with E-state index in [1.807, 2.05) is 0 Å². The molecule has 0 aliphatic heterocycles. The summed E-state index contributed by atoms with van der Waals surface area (Å²) in [6.07, 6.45) is -1.35. The first-order chi connectivity index (χ1) is 11.2. The van der Waals surface area contributed by atoms with E-state index in [1.165, 1.54) is 19.1 Å². The van der Waals surface area contributed by atoms with E-state index < -0.39 is 11.7 Å². The summed E-state index contributed by atoms with van der Waals surface area (Å²) in [5.41, 5.74) is -0.465. The van der Waals surface area contributed by atoms with Crippen molar-refractivity contribution in [1.29, 1.82) is 0 Å². The highest BCUT2D eigenvalue weighted by molar-refractivity contribution is 5.91. The molecule has 0 fully saturated rings. The van der Waals surface area contributed by atoms with Gasteiger partial charge in [-0.05, 0) is 30.7 Å². The van der Waals surface area contributed by atoms with Gasteiger partial charge in [-0.3, -0.25) is 9.59 Å². The Morgan fingerprint density at radius 3 is 2.21 bits per heavy atom. The summed E-state index contributed by atoms with van der Waals surface area (Å²) in [4.78, 5) is 25.0. The van der Waals surface area contributed by atoms with Crippen molar-refractivity contribution in [1.82, 2.24) is 4.90 Å². The third kappa shape index (κ3) is 7.02. The summed E-state index contributed by atoms with van der Waals surface area (Å²) >= 11 is 0. The predicted molar refractivity (Wildman–Crippen MR) is 86.5 cm³/mol. The van der Waals surface area contributed by atoms with Crippen molar-refractivity contribution in [3.63, 3.8) is 0 Å². The second kappa shape index (κ2) is 9.30. The molecular weight excluding hydrogens is 321 g/mol. The van der Waals surface area contributed by atoms with Gasteiger partial charge in [-0.25, -0.2) is 0 Å². The number of alkyl halides is 3. The van der Waals surface area contributed by atoms with Crippen LogP contribution in [0.1, 0.15) is 45.1 Å². The highest BCUT2D eigenvalue weighted by Gasteiger charge is 2.29. The molecule has 0 spiro atoms. The lowest BCUT2D eigenvalue weighted by molar-refractivity contribution is -0.137. The first-order valence-corrected chi connectivity index (χ1v) is 7.96. The Kier molecular flexibility index (Phi) is 7.74. The number of carbonyl (C=O) groups is 2. The Labute approximate surface area is 140 Å². The predicted octanol–water partition coefficient (Wildman–Crippen LogP) is 4.07. The van der Waals surface area contributed by atoms with Crippen molar-refractivity contribution in [2.24, 2.45) is 0 Å². The second-order valence-electron chi connectivity index (χ2n) is 5.59. The maximum Gasteiger partial charge on any atom is 0.416 e. The number of amides is 2. The average Bonchev–Trinajstić information content (AvgIpc) is 2.50. The van der Waals surface area contributed by atoms with Crippen molar-refractivity contribution in [2.75, 3.05) is 18.4 Å². The highest BCUT2D eigenvalue weighted by Crippen LogP contribution is 2.29. The molecule has 0 saturated heterocycles. The number of anilines is 1. The monoisotopic (exact) mass is 344 g/mol. The van der Waals surface area contributed by atoms with Gasteiger partial charge < -0.3 is 10.2 Å². The Morgan fingerprint density at radius 1 is 1.08 bits per heavy atom. The van der Waals surface area contributed by atoms with E-state index >= 15 is 0 Å². The lowest BCUT2D eigenvalue weighted by atomic mass is 10.2. The van der Waals surface area contributed by atoms with E-state index in [4.69, 9.17) is 0 Å². The fourth-order valence-electron chi connectivity index (χ4n) is 2.18. The van der Waals surface area contributed by atoms with Crippen molar-refractivity contribution >= 4 is 17.5 Å². The molecule has 0 heterocycles. The van der Waals surface area contributed by atoms with Crippen LogP contribution in [0.15, 0.2) is 24.3 Å². The van der Waals surface area contributed by atoms with Gasteiger partial charge in [-0.15, -0.1) is 0 Å². The van der Waals surface area contributed by atoms with Crippen molar-refractivity contribution in [3.8, 4) is 0 Å². The van der Waals surface area contributed by atoms with Crippen LogP contribution in [0, 0.1) is 0 Å². The second-order valence-corrected chi connectivity index (χ2v) is 5.59. The topological polar surface area (TPSA) is 49.4 Å². The van der Waals surface area contributed by atoms with Crippen molar-refractivity contribution in [3.05, 3.63) is 29.8 Å². The molecule has 1 aromatic rings. The summed E-state index contributed by atoms with van der Waals surface area (Å²) < 4.78 is 37.4. The minimum absolute atomic E-state index is 0.0894. The van der Waals surface area contributed by atoms with E-state index in [-0.39, 0.29) is 18.2 Å². The molecule has 1 N–H and O–H groups in total. The van der Waals surface area contributed by atoms with Gasteiger partial charge in [0.05, 0.1) is 5.56 Å². The summed E-state index contributed by atoms with van der Waals surface area (Å²) in [6, 6.07) is 4.26. The smallest absolute Gasteiger partial charge is 0.342 e. The summed E-state index contributed by atoms with van der Waals surface area (Å²) in [7, 11) is 0. The normalized spacial score (nSPS) is 11.2. The SMILES string of the molecule is CCCCCN(CCC(=O)Nc1ccc(C(F)(F)F)cc1)C(C)=O. The minimum atomic E-state index is -4.40. The summed E-state index contributed by atoms with van der Waals surface area (Å²) in [5, 5.41) is 2.54. The molecule has 0 saturated carbocycles. The molecule has 0 radical (unpaired) electrons. The van der Waals surface area contributed by atoms with Crippen LogP contribution in [-0.4, -0.2) is 29.8 Å². The zero-order valence-electron chi connectivity index (χ0n) is 13.9. The molecule has 1 aromatic carbocycles. The number of rotatable bonds is 8. The fourth-order valence-corrected chi connectivity index (χ4v) is 2.18. The van der Waals surface area contributed by atoms with E-state index in [0.29, 0.717) is 18.8 Å². The first kappa shape index (κ1) is 20.0. The Hall–Kier alpha value is -2.05. The van der Waals surface area contributed by atoms with Crippen LogP contribution >= 0.6 is 0 Å². The summed E-state index contributed by atoms with van der Waals surface area (Å²) in [6.45, 7) is 4.43. The van der Waals surface area contributed by atoms with Crippen LogP contribution in [0.5, 0.6) is 0 Å². The molecule has 24 heavy (non-hydrogen) atoms. The highest BCUT2D eigenvalue weighted by atomic mass is 19.4. The fraction of sp³-hybridized carbons (Fsp3) is 0.529. The molecule has 4 nitrogen and oxygen atoms in total. The zero-order chi connectivity index (χ0) is 18.2. The molecule has 1 rings (SSSR count). The molecule has 2 amide bonds. The number of nitrogens with zero attached hydrogens (tertiary/aromatic N) is 1. The number of benzene rings is 1. The molecule has 0 aliphatic carbocycles. The van der Waals surface area contributed by atoms with E-state index in [0.717, 1.165) is 31.4 Å². The van der Waals surface area contributed by atoms with Gasteiger partial charge in [0, 0.05) is 32.1 Å². The van der Waals surface area contributed by atoms with Gasteiger partial charge in [-0.2, -0.15) is 13.2 Å². The number of nitrogens with one attached hydrogen (secondary N) is 1. The van der Waals surface area contributed by atoms with Gasteiger partial charge in [0.2, 0.25) is 11.8 Å². The molecule has 0 aliphatic rings. The maximum atomic E-state index is 12.5. The van der Waals surface area contributed by atoms with Gasteiger partial charge in [0.25, 0.3) is 0 Å². The third-order valence-corrected chi connectivity index (χ3v) is 3.58. The van der Waals surface area contributed by atoms with Gasteiger partial charge >= 0.3 is 6.18 Å². The van der Waals surface area contributed by atoms with Crippen molar-refractivity contribution in [2.45, 2.75) is 45.7 Å². The van der Waals surface area contributed by atoms with Crippen molar-refractivity contribution < 1.29 is 22.8 Å². The van der Waals surface area contributed by atoms with Gasteiger partial charge in [-0.1, -0.05) is 19.8 Å². The Morgan fingerprint density at radius 2 is 1.71 bits per heavy atom. The lowest BCUT2D eigenvalue weighted by Gasteiger charge is -2.20. The van der Waals surface area contributed by atoms with Crippen LogP contribution < -0.4 is 5.32 Å². The largest absolute Gasteiger partial charge is 0.416 e. The Bertz CT molecular complexity index is 542. The molecule has 134 valence electrons. The number of unbranched alkanes of at least 4 members (excludes halogenated alkanes) is 2. The first-order valence-electron chi connectivity index (χ1n) is 7.96. The number of carbonyl (C=O) groups excluding carboxylic acids is 2. The molecule has 0 bridgehead atoms. The van der Waals surface area contributed by atoms with Crippen LogP contribution in [0.25, 0.3) is 0 Å².